The average molecular weight is 276 g/mol. The number of allylic oxidation sites excluding steroid dienone is 1. The summed E-state index contributed by atoms with van der Waals surface area (Å²) in [4.78, 5) is 1.45. The predicted molar refractivity (Wildman–Crippen MR) is 89.2 cm³/mol. The van der Waals surface area contributed by atoms with Crippen LogP contribution in [0.25, 0.3) is 26.1 Å². The van der Waals surface area contributed by atoms with Crippen LogP contribution in [0, 0.1) is 0 Å². The third kappa shape index (κ3) is 1.60. The molecule has 3 aromatic rings. The minimum absolute atomic E-state index is 1.15. The van der Waals surface area contributed by atoms with Crippen LogP contribution in [0.3, 0.4) is 0 Å². The number of fused-ring (bicyclic) bond motifs is 5. The lowest BCUT2D eigenvalue weighted by atomic mass is 10.0. The smallest absolute Gasteiger partial charge is 0.0440 e. The highest BCUT2D eigenvalue weighted by Crippen LogP contribution is 2.51. The minimum Gasteiger partial charge on any atom is -0.135 e. The number of hydrogen-bond acceptors (Lipinski definition) is 1. The second-order valence-electron chi connectivity index (χ2n) is 5.25. The zero-order valence-electron chi connectivity index (χ0n) is 11.5. The Labute approximate surface area is 123 Å². The number of rotatable bonds is 2. The van der Waals surface area contributed by atoms with Crippen LogP contribution in [-0.4, -0.2) is 0 Å². The summed E-state index contributed by atoms with van der Waals surface area (Å²) in [6.07, 6.45) is 4.76. The fourth-order valence-electron chi connectivity index (χ4n) is 3.05. The van der Waals surface area contributed by atoms with Gasteiger partial charge in [-0.25, -0.2) is 0 Å². The van der Waals surface area contributed by atoms with Crippen molar-refractivity contribution in [2.75, 3.05) is 0 Å². The predicted octanol–water partition coefficient (Wildman–Crippen LogP) is 6.11. The SMILES string of the molecule is CCC/C=C1/c2ccccc2-c2sc3ccccc3c21. The van der Waals surface area contributed by atoms with E-state index in [1.54, 1.807) is 0 Å². The molecule has 20 heavy (non-hydrogen) atoms. The summed E-state index contributed by atoms with van der Waals surface area (Å²) in [5.74, 6) is 0. The fraction of sp³-hybridized carbons (Fsp3) is 0.158. The van der Waals surface area contributed by atoms with Gasteiger partial charge in [-0.15, -0.1) is 11.3 Å². The number of unbranched alkanes of at least 4 members (excludes halogenated alkanes) is 1. The van der Waals surface area contributed by atoms with Crippen molar-refractivity contribution < 1.29 is 0 Å². The highest BCUT2D eigenvalue weighted by atomic mass is 32.1. The van der Waals surface area contributed by atoms with Gasteiger partial charge < -0.3 is 0 Å². The first-order valence-corrected chi connectivity index (χ1v) is 8.03. The third-order valence-corrected chi connectivity index (χ3v) is 5.17. The van der Waals surface area contributed by atoms with Crippen LogP contribution in [0.5, 0.6) is 0 Å². The van der Waals surface area contributed by atoms with E-state index in [9.17, 15) is 0 Å². The number of thiophene rings is 1. The molecule has 1 aliphatic rings. The second kappa shape index (κ2) is 4.60. The summed E-state index contributed by atoms with van der Waals surface area (Å²) >= 11 is 1.93. The van der Waals surface area contributed by atoms with Crippen molar-refractivity contribution in [3.05, 3.63) is 65.7 Å². The Hall–Kier alpha value is -1.86. The molecule has 98 valence electrons. The van der Waals surface area contributed by atoms with Gasteiger partial charge in [0.05, 0.1) is 0 Å². The normalized spacial score (nSPS) is 14.8. The third-order valence-electron chi connectivity index (χ3n) is 3.96. The zero-order valence-corrected chi connectivity index (χ0v) is 12.3. The van der Waals surface area contributed by atoms with Crippen LogP contribution < -0.4 is 0 Å². The van der Waals surface area contributed by atoms with E-state index in [2.05, 4.69) is 61.5 Å². The molecule has 0 atom stereocenters. The standard InChI is InChI=1S/C19H16S/c1-2-3-8-14-13-9-4-5-10-15(13)19-18(14)16-11-6-7-12-17(16)20-19/h4-12H,2-3H2,1H3/b14-8-. The molecule has 0 spiro atoms. The topological polar surface area (TPSA) is 0 Å². The Bertz CT molecular complexity index is 821. The molecule has 0 saturated carbocycles. The van der Waals surface area contributed by atoms with E-state index in [4.69, 9.17) is 0 Å². The van der Waals surface area contributed by atoms with Crippen LogP contribution in [0.15, 0.2) is 54.6 Å². The molecule has 1 heterocycles. The lowest BCUT2D eigenvalue weighted by molar-refractivity contribution is 0.960. The summed E-state index contributed by atoms with van der Waals surface area (Å²) in [7, 11) is 0. The van der Waals surface area contributed by atoms with Gasteiger partial charge in [-0.1, -0.05) is 61.9 Å². The molecule has 2 aromatic carbocycles. The second-order valence-corrected chi connectivity index (χ2v) is 6.31. The summed E-state index contributed by atoms with van der Waals surface area (Å²) in [5.41, 5.74) is 5.72. The highest BCUT2D eigenvalue weighted by Gasteiger charge is 2.26. The summed E-state index contributed by atoms with van der Waals surface area (Å²) in [6, 6.07) is 17.6. The molecule has 0 nitrogen and oxygen atoms in total. The van der Waals surface area contributed by atoms with E-state index in [0.717, 1.165) is 6.42 Å². The summed E-state index contributed by atoms with van der Waals surface area (Å²) in [6.45, 7) is 2.24. The molecule has 1 aromatic heterocycles. The lowest BCUT2D eigenvalue weighted by Crippen LogP contribution is -1.82. The molecule has 0 bridgehead atoms. The van der Waals surface area contributed by atoms with Crippen LogP contribution in [0.1, 0.15) is 30.9 Å². The molecule has 1 aliphatic carbocycles. The van der Waals surface area contributed by atoms with Gasteiger partial charge in [-0.3, -0.25) is 0 Å². The minimum atomic E-state index is 1.15. The van der Waals surface area contributed by atoms with Crippen molar-refractivity contribution in [3.63, 3.8) is 0 Å². The Balaban J connectivity index is 2.07. The molecule has 0 amide bonds. The van der Waals surface area contributed by atoms with E-state index in [-0.39, 0.29) is 0 Å². The molecule has 0 unspecified atom stereocenters. The molecule has 1 heteroatoms. The summed E-state index contributed by atoms with van der Waals surface area (Å²) < 4.78 is 1.40. The van der Waals surface area contributed by atoms with Gasteiger partial charge >= 0.3 is 0 Å². The molecular formula is C19H16S. The van der Waals surface area contributed by atoms with Crippen molar-refractivity contribution in [2.45, 2.75) is 19.8 Å². The Kier molecular flexibility index (Phi) is 2.75. The Morgan fingerprint density at radius 3 is 2.55 bits per heavy atom. The van der Waals surface area contributed by atoms with E-state index < -0.39 is 0 Å². The van der Waals surface area contributed by atoms with Crippen molar-refractivity contribution in [1.29, 1.82) is 0 Å². The number of hydrogen-bond donors (Lipinski definition) is 0. The Morgan fingerprint density at radius 2 is 1.70 bits per heavy atom. The summed E-state index contributed by atoms with van der Waals surface area (Å²) in [5, 5.41) is 1.41. The molecular weight excluding hydrogens is 260 g/mol. The largest absolute Gasteiger partial charge is 0.135 e. The maximum Gasteiger partial charge on any atom is 0.0440 e. The molecule has 4 rings (SSSR count). The van der Waals surface area contributed by atoms with Gasteiger partial charge in [0.1, 0.15) is 0 Å². The molecule has 0 aliphatic heterocycles. The number of benzene rings is 2. The van der Waals surface area contributed by atoms with Crippen molar-refractivity contribution in [1.82, 2.24) is 0 Å². The Morgan fingerprint density at radius 1 is 0.950 bits per heavy atom. The monoisotopic (exact) mass is 276 g/mol. The van der Waals surface area contributed by atoms with Crippen LogP contribution in [-0.2, 0) is 0 Å². The van der Waals surface area contributed by atoms with E-state index in [1.807, 2.05) is 11.3 Å². The van der Waals surface area contributed by atoms with E-state index in [0.29, 0.717) is 0 Å². The highest BCUT2D eigenvalue weighted by molar-refractivity contribution is 7.22. The molecule has 0 N–H and O–H groups in total. The van der Waals surface area contributed by atoms with Crippen molar-refractivity contribution in [2.24, 2.45) is 0 Å². The fourth-order valence-corrected chi connectivity index (χ4v) is 4.31. The molecule has 0 fully saturated rings. The first-order valence-electron chi connectivity index (χ1n) is 7.22. The van der Waals surface area contributed by atoms with Crippen LogP contribution in [0.2, 0.25) is 0 Å². The quantitative estimate of drug-likeness (QED) is 0.414. The van der Waals surface area contributed by atoms with Gasteiger partial charge in [-0.2, -0.15) is 0 Å². The van der Waals surface area contributed by atoms with Crippen molar-refractivity contribution >= 4 is 27.0 Å². The van der Waals surface area contributed by atoms with Crippen LogP contribution in [0.4, 0.5) is 0 Å². The van der Waals surface area contributed by atoms with E-state index >= 15 is 0 Å². The van der Waals surface area contributed by atoms with Gasteiger partial charge in [0.2, 0.25) is 0 Å². The van der Waals surface area contributed by atoms with Gasteiger partial charge in [-0.05, 0) is 23.6 Å². The maximum atomic E-state index is 2.42. The molecule has 0 radical (unpaired) electrons. The molecule has 0 saturated heterocycles. The van der Waals surface area contributed by atoms with Crippen LogP contribution >= 0.6 is 11.3 Å². The first kappa shape index (κ1) is 11.9. The average Bonchev–Trinajstić information content (AvgIpc) is 3.01. The van der Waals surface area contributed by atoms with Gasteiger partial charge in [0.25, 0.3) is 0 Å². The van der Waals surface area contributed by atoms with Gasteiger partial charge in [0.15, 0.2) is 0 Å². The van der Waals surface area contributed by atoms with Crippen molar-refractivity contribution in [3.8, 4) is 10.4 Å². The first-order chi connectivity index (χ1) is 9.90. The van der Waals surface area contributed by atoms with Gasteiger partial charge in [0, 0.05) is 26.1 Å². The maximum absolute atomic E-state index is 2.42. The zero-order chi connectivity index (χ0) is 13.5. The lowest BCUT2D eigenvalue weighted by Gasteiger charge is -2.03. The van der Waals surface area contributed by atoms with E-state index in [1.165, 1.54) is 43.6 Å².